The molecule has 1 amide bonds. The molecule has 0 radical (unpaired) electrons. The molecule has 1 heterocycles. The van der Waals surface area contributed by atoms with Gasteiger partial charge in [0, 0.05) is 18.7 Å². The summed E-state index contributed by atoms with van der Waals surface area (Å²) in [7, 11) is 0. The molecule has 1 aliphatic carbocycles. The number of carboxylic acids is 1. The first kappa shape index (κ1) is 11.6. The Bertz CT molecular complexity index is 436. The molecular weight excluding hydrogens is 224 g/mol. The molecular formula is C11H14N2O4. The van der Waals surface area contributed by atoms with Crippen LogP contribution >= 0.6 is 0 Å². The fraction of sp³-hybridized carbons (Fsp3) is 0.545. The van der Waals surface area contributed by atoms with Gasteiger partial charge in [-0.25, -0.2) is 4.79 Å². The molecule has 1 aliphatic rings. The summed E-state index contributed by atoms with van der Waals surface area (Å²) in [5, 5.41) is 12.2. The Morgan fingerprint density at radius 1 is 1.59 bits per heavy atom. The average Bonchev–Trinajstić information content (AvgIpc) is 3.00. The highest BCUT2D eigenvalue weighted by molar-refractivity contribution is 5.95. The molecule has 0 saturated heterocycles. The summed E-state index contributed by atoms with van der Waals surface area (Å²) >= 11 is 0. The second kappa shape index (κ2) is 4.57. The van der Waals surface area contributed by atoms with Crippen molar-refractivity contribution in [2.45, 2.75) is 32.2 Å². The minimum absolute atomic E-state index is 0.0720. The third-order valence-electron chi connectivity index (χ3n) is 2.65. The number of amides is 1. The van der Waals surface area contributed by atoms with E-state index in [9.17, 15) is 9.59 Å². The highest BCUT2D eigenvalue weighted by atomic mass is 16.5. The number of carboxylic acid groups (broad SMARTS) is 1. The second-order valence-electron chi connectivity index (χ2n) is 4.11. The first-order chi connectivity index (χ1) is 8.13. The van der Waals surface area contributed by atoms with Crippen LogP contribution in [0.25, 0.3) is 0 Å². The molecule has 1 fully saturated rings. The standard InChI is InChI=1S/C11H14N2O4/c1-2-5-13(7-3-4-7)10(14)8-6-9(11(15)16)17-12-8/h6-7H,2-5H2,1H3,(H,15,16). The van der Waals surface area contributed by atoms with Crippen LogP contribution in [0.4, 0.5) is 0 Å². The first-order valence-corrected chi connectivity index (χ1v) is 5.64. The van der Waals surface area contributed by atoms with Gasteiger partial charge in [-0.3, -0.25) is 4.79 Å². The maximum absolute atomic E-state index is 12.1. The zero-order valence-corrected chi connectivity index (χ0v) is 9.55. The number of rotatable bonds is 5. The Labute approximate surface area is 98.2 Å². The largest absolute Gasteiger partial charge is 0.475 e. The van der Waals surface area contributed by atoms with Crippen LogP contribution in [-0.2, 0) is 0 Å². The number of aromatic nitrogens is 1. The summed E-state index contributed by atoms with van der Waals surface area (Å²) < 4.78 is 4.58. The molecule has 0 aromatic carbocycles. The summed E-state index contributed by atoms with van der Waals surface area (Å²) in [5.74, 6) is -1.77. The first-order valence-electron chi connectivity index (χ1n) is 5.64. The van der Waals surface area contributed by atoms with Gasteiger partial charge in [0.05, 0.1) is 0 Å². The average molecular weight is 238 g/mol. The topological polar surface area (TPSA) is 83.6 Å². The second-order valence-corrected chi connectivity index (χ2v) is 4.11. The van der Waals surface area contributed by atoms with Crippen molar-refractivity contribution in [3.63, 3.8) is 0 Å². The van der Waals surface area contributed by atoms with Crippen molar-refractivity contribution >= 4 is 11.9 Å². The predicted octanol–water partition coefficient (Wildman–Crippen LogP) is 1.39. The van der Waals surface area contributed by atoms with Crippen molar-refractivity contribution in [3.05, 3.63) is 17.5 Å². The number of nitrogens with zero attached hydrogens (tertiary/aromatic N) is 2. The number of hydrogen-bond donors (Lipinski definition) is 1. The van der Waals surface area contributed by atoms with E-state index in [2.05, 4.69) is 9.68 Å². The fourth-order valence-corrected chi connectivity index (χ4v) is 1.70. The van der Waals surface area contributed by atoms with Gasteiger partial charge in [0.15, 0.2) is 5.69 Å². The summed E-state index contributed by atoms with van der Waals surface area (Å²) in [6, 6.07) is 1.46. The Kier molecular flexibility index (Phi) is 3.12. The van der Waals surface area contributed by atoms with Gasteiger partial charge in [-0.1, -0.05) is 12.1 Å². The van der Waals surface area contributed by atoms with Gasteiger partial charge in [-0.15, -0.1) is 0 Å². The van der Waals surface area contributed by atoms with E-state index in [1.807, 2.05) is 6.92 Å². The Morgan fingerprint density at radius 3 is 2.76 bits per heavy atom. The lowest BCUT2D eigenvalue weighted by Crippen LogP contribution is -2.33. The van der Waals surface area contributed by atoms with E-state index in [0.29, 0.717) is 6.54 Å². The number of hydrogen-bond acceptors (Lipinski definition) is 4. The van der Waals surface area contributed by atoms with Crippen molar-refractivity contribution < 1.29 is 19.2 Å². The van der Waals surface area contributed by atoms with Gasteiger partial charge in [0.1, 0.15) is 0 Å². The van der Waals surface area contributed by atoms with E-state index in [1.165, 1.54) is 6.07 Å². The molecule has 0 aliphatic heterocycles. The van der Waals surface area contributed by atoms with Crippen LogP contribution in [0.15, 0.2) is 10.6 Å². The smallest absolute Gasteiger partial charge is 0.374 e. The van der Waals surface area contributed by atoms with Crippen molar-refractivity contribution in [1.29, 1.82) is 0 Å². The van der Waals surface area contributed by atoms with Gasteiger partial charge in [0.25, 0.3) is 5.91 Å². The van der Waals surface area contributed by atoms with E-state index in [-0.39, 0.29) is 23.4 Å². The molecule has 0 unspecified atom stereocenters. The molecule has 1 saturated carbocycles. The van der Waals surface area contributed by atoms with E-state index in [4.69, 9.17) is 5.11 Å². The highest BCUT2D eigenvalue weighted by Crippen LogP contribution is 2.28. The highest BCUT2D eigenvalue weighted by Gasteiger charge is 2.33. The molecule has 0 atom stereocenters. The van der Waals surface area contributed by atoms with E-state index < -0.39 is 5.97 Å². The Morgan fingerprint density at radius 2 is 2.29 bits per heavy atom. The lowest BCUT2D eigenvalue weighted by atomic mass is 10.3. The van der Waals surface area contributed by atoms with Crippen molar-refractivity contribution in [2.75, 3.05) is 6.54 Å². The van der Waals surface area contributed by atoms with Gasteiger partial charge in [-0.2, -0.15) is 0 Å². The number of carbonyl (C=O) groups excluding carboxylic acids is 1. The lowest BCUT2D eigenvalue weighted by Gasteiger charge is -2.19. The monoisotopic (exact) mass is 238 g/mol. The third-order valence-corrected chi connectivity index (χ3v) is 2.65. The lowest BCUT2D eigenvalue weighted by molar-refractivity contribution is 0.0648. The predicted molar refractivity (Wildman–Crippen MR) is 57.8 cm³/mol. The minimum atomic E-state index is -1.22. The van der Waals surface area contributed by atoms with Crippen LogP contribution in [0.5, 0.6) is 0 Å². The SMILES string of the molecule is CCCN(C(=O)c1cc(C(=O)O)on1)C1CC1. The van der Waals surface area contributed by atoms with Crippen LogP contribution in [-0.4, -0.2) is 39.6 Å². The summed E-state index contributed by atoms with van der Waals surface area (Å²) in [6.07, 6.45) is 2.89. The molecule has 2 rings (SSSR count). The van der Waals surface area contributed by atoms with Crippen molar-refractivity contribution in [1.82, 2.24) is 10.1 Å². The maximum atomic E-state index is 12.1. The molecule has 1 N–H and O–H groups in total. The normalized spacial score (nSPS) is 14.6. The van der Waals surface area contributed by atoms with Crippen LogP contribution < -0.4 is 0 Å². The molecule has 17 heavy (non-hydrogen) atoms. The summed E-state index contributed by atoms with van der Waals surface area (Å²) in [4.78, 5) is 24.4. The van der Waals surface area contributed by atoms with Gasteiger partial charge < -0.3 is 14.5 Å². The Hall–Kier alpha value is -1.85. The quantitative estimate of drug-likeness (QED) is 0.837. The molecule has 1 aromatic rings. The molecule has 1 aromatic heterocycles. The van der Waals surface area contributed by atoms with E-state index >= 15 is 0 Å². The molecule has 6 heteroatoms. The van der Waals surface area contributed by atoms with Gasteiger partial charge >= 0.3 is 5.97 Å². The zero-order chi connectivity index (χ0) is 12.4. The maximum Gasteiger partial charge on any atom is 0.374 e. The fourth-order valence-electron chi connectivity index (χ4n) is 1.70. The molecule has 0 spiro atoms. The van der Waals surface area contributed by atoms with Crippen LogP contribution in [0.1, 0.15) is 47.2 Å². The van der Waals surface area contributed by atoms with Crippen LogP contribution in [0.2, 0.25) is 0 Å². The van der Waals surface area contributed by atoms with Crippen molar-refractivity contribution in [2.24, 2.45) is 0 Å². The summed E-state index contributed by atoms with van der Waals surface area (Å²) in [6.45, 7) is 2.66. The van der Waals surface area contributed by atoms with Crippen LogP contribution in [0.3, 0.4) is 0 Å². The van der Waals surface area contributed by atoms with Gasteiger partial charge in [0.2, 0.25) is 5.76 Å². The summed E-state index contributed by atoms with van der Waals surface area (Å²) in [5.41, 5.74) is 0.0720. The van der Waals surface area contributed by atoms with Crippen LogP contribution in [0, 0.1) is 0 Å². The number of aromatic carboxylic acids is 1. The molecule has 6 nitrogen and oxygen atoms in total. The van der Waals surface area contributed by atoms with E-state index in [1.54, 1.807) is 4.90 Å². The zero-order valence-electron chi connectivity index (χ0n) is 9.55. The molecule has 0 bridgehead atoms. The molecule has 92 valence electrons. The van der Waals surface area contributed by atoms with Crippen molar-refractivity contribution in [3.8, 4) is 0 Å². The van der Waals surface area contributed by atoms with Gasteiger partial charge in [-0.05, 0) is 19.3 Å². The minimum Gasteiger partial charge on any atom is -0.475 e. The Balaban J connectivity index is 2.13. The third kappa shape index (κ3) is 2.46. The number of carbonyl (C=O) groups is 2. The van der Waals surface area contributed by atoms with E-state index in [0.717, 1.165) is 19.3 Å².